The van der Waals surface area contributed by atoms with Gasteiger partial charge in [-0.15, -0.1) is 6.42 Å². The number of hydrogen-bond donors (Lipinski definition) is 1. The zero-order valence-electron chi connectivity index (χ0n) is 12.5. The topological polar surface area (TPSA) is 12.0 Å². The number of anilines is 1. The van der Waals surface area contributed by atoms with Crippen LogP contribution in [0.3, 0.4) is 0 Å². The quantitative estimate of drug-likeness (QED) is 0.799. The average Bonchev–Trinajstić information content (AvgIpc) is 2.54. The van der Waals surface area contributed by atoms with Crippen LogP contribution in [-0.4, -0.2) is 0 Å². The van der Waals surface area contributed by atoms with Gasteiger partial charge in [0.1, 0.15) is 0 Å². The van der Waals surface area contributed by atoms with E-state index in [1.165, 1.54) is 42.4 Å². The highest BCUT2D eigenvalue weighted by molar-refractivity contribution is 5.51. The molecule has 0 saturated heterocycles. The number of hydrogen-bond acceptors (Lipinski definition) is 1. The summed E-state index contributed by atoms with van der Waals surface area (Å²) < 4.78 is 0. The van der Waals surface area contributed by atoms with E-state index < -0.39 is 0 Å². The first-order valence-electron chi connectivity index (χ1n) is 7.71. The lowest BCUT2D eigenvalue weighted by atomic mass is 9.89. The van der Waals surface area contributed by atoms with Crippen LogP contribution in [0.1, 0.15) is 48.1 Å². The molecule has 0 saturated carbocycles. The summed E-state index contributed by atoms with van der Waals surface area (Å²) in [5.74, 6) is 2.68. The van der Waals surface area contributed by atoms with E-state index >= 15 is 0 Å². The number of rotatable bonds is 3. The summed E-state index contributed by atoms with van der Waals surface area (Å²) in [5.41, 5.74) is 6.41. The van der Waals surface area contributed by atoms with Crippen LogP contribution in [0.5, 0.6) is 0 Å². The first-order valence-corrected chi connectivity index (χ1v) is 7.71. The Morgan fingerprint density at radius 2 is 1.86 bits per heavy atom. The number of benzene rings is 2. The second kappa shape index (κ2) is 6.06. The summed E-state index contributed by atoms with van der Waals surface area (Å²) in [4.78, 5) is 0. The summed E-state index contributed by atoms with van der Waals surface area (Å²) in [5, 5.41) is 3.54. The number of terminal acetylenes is 1. The molecule has 0 bridgehead atoms. The van der Waals surface area contributed by atoms with E-state index in [-0.39, 0.29) is 6.04 Å². The van der Waals surface area contributed by atoms with Gasteiger partial charge in [-0.05, 0) is 67.5 Å². The van der Waals surface area contributed by atoms with Gasteiger partial charge in [0, 0.05) is 17.3 Å². The van der Waals surface area contributed by atoms with Crippen molar-refractivity contribution in [3.8, 4) is 12.3 Å². The van der Waals surface area contributed by atoms with E-state index in [9.17, 15) is 0 Å². The maximum Gasteiger partial charge on any atom is 0.0485 e. The average molecular weight is 275 g/mol. The molecule has 1 N–H and O–H groups in total. The lowest BCUT2D eigenvalue weighted by Crippen LogP contribution is -2.09. The molecule has 106 valence electrons. The van der Waals surface area contributed by atoms with Crippen LogP contribution in [0.2, 0.25) is 0 Å². The normalized spacial score (nSPS) is 14.9. The van der Waals surface area contributed by atoms with Crippen molar-refractivity contribution in [1.29, 1.82) is 0 Å². The van der Waals surface area contributed by atoms with E-state index in [0.717, 1.165) is 11.3 Å². The fraction of sp³-hybridized carbons (Fsp3) is 0.300. The van der Waals surface area contributed by atoms with Gasteiger partial charge in [0.15, 0.2) is 0 Å². The van der Waals surface area contributed by atoms with Crippen molar-refractivity contribution in [1.82, 2.24) is 0 Å². The first kappa shape index (κ1) is 13.8. The zero-order valence-corrected chi connectivity index (χ0v) is 12.5. The van der Waals surface area contributed by atoms with Gasteiger partial charge in [0.2, 0.25) is 0 Å². The van der Waals surface area contributed by atoms with Crippen LogP contribution in [0.25, 0.3) is 0 Å². The lowest BCUT2D eigenvalue weighted by Gasteiger charge is -2.20. The molecule has 1 heteroatoms. The molecule has 0 spiro atoms. The molecule has 2 aromatic rings. The smallest absolute Gasteiger partial charge is 0.0485 e. The summed E-state index contributed by atoms with van der Waals surface area (Å²) >= 11 is 0. The molecule has 0 aliphatic heterocycles. The van der Waals surface area contributed by atoms with Gasteiger partial charge in [-0.25, -0.2) is 0 Å². The van der Waals surface area contributed by atoms with E-state index in [0.29, 0.717) is 0 Å². The highest BCUT2D eigenvalue weighted by atomic mass is 14.9. The molecule has 3 rings (SSSR count). The molecule has 0 heterocycles. The molecule has 2 aromatic carbocycles. The molecular formula is C20H21N. The molecule has 0 radical (unpaired) electrons. The Labute approximate surface area is 127 Å². The molecule has 1 atom stereocenters. The fourth-order valence-corrected chi connectivity index (χ4v) is 3.05. The Morgan fingerprint density at radius 1 is 1.05 bits per heavy atom. The second-order valence-electron chi connectivity index (χ2n) is 5.83. The molecule has 1 nitrogen and oxygen atoms in total. The fourth-order valence-electron chi connectivity index (χ4n) is 3.05. The molecule has 0 amide bonds. The molecule has 1 unspecified atom stereocenters. The lowest BCUT2D eigenvalue weighted by molar-refractivity contribution is 0.683. The van der Waals surface area contributed by atoms with E-state index in [1.807, 2.05) is 18.2 Å². The maximum absolute atomic E-state index is 5.46. The van der Waals surface area contributed by atoms with Crippen molar-refractivity contribution in [3.63, 3.8) is 0 Å². The molecule has 21 heavy (non-hydrogen) atoms. The Kier molecular flexibility index (Phi) is 3.97. The Hall–Kier alpha value is -2.20. The minimum atomic E-state index is 0.283. The van der Waals surface area contributed by atoms with Crippen LogP contribution in [-0.2, 0) is 12.8 Å². The van der Waals surface area contributed by atoms with Crippen molar-refractivity contribution in [2.24, 2.45) is 0 Å². The highest BCUT2D eigenvalue weighted by Gasteiger charge is 2.12. The molecule has 0 aromatic heterocycles. The third kappa shape index (κ3) is 3.11. The summed E-state index contributed by atoms with van der Waals surface area (Å²) in [6.07, 6.45) is 10.6. The van der Waals surface area contributed by atoms with Crippen LogP contribution in [0.15, 0.2) is 42.5 Å². The third-order valence-corrected chi connectivity index (χ3v) is 4.28. The standard InChI is InChI=1S/C20H21N/c1-3-16-7-6-10-20(13-16)21-15(2)18-12-11-17-8-4-5-9-19(17)14-18/h1,6-7,10-15,21H,4-5,8-9H2,2H3. The number of nitrogens with one attached hydrogen (secondary N) is 1. The van der Waals surface area contributed by atoms with Gasteiger partial charge in [-0.1, -0.05) is 30.2 Å². The largest absolute Gasteiger partial charge is 0.378 e. The van der Waals surface area contributed by atoms with Crippen molar-refractivity contribution in [3.05, 3.63) is 64.7 Å². The summed E-state index contributed by atoms with van der Waals surface area (Å²) in [7, 11) is 0. The van der Waals surface area contributed by atoms with Gasteiger partial charge in [-0.3, -0.25) is 0 Å². The van der Waals surface area contributed by atoms with Gasteiger partial charge >= 0.3 is 0 Å². The van der Waals surface area contributed by atoms with Crippen LogP contribution >= 0.6 is 0 Å². The molecule has 0 fully saturated rings. The van der Waals surface area contributed by atoms with Crippen molar-refractivity contribution < 1.29 is 0 Å². The molecular weight excluding hydrogens is 254 g/mol. The van der Waals surface area contributed by atoms with Gasteiger partial charge in [0.25, 0.3) is 0 Å². The van der Waals surface area contributed by atoms with Gasteiger partial charge < -0.3 is 5.32 Å². The maximum atomic E-state index is 5.46. The van der Waals surface area contributed by atoms with Crippen LogP contribution < -0.4 is 5.32 Å². The number of aryl methyl sites for hydroxylation is 2. The summed E-state index contributed by atoms with van der Waals surface area (Å²) in [6.45, 7) is 2.20. The van der Waals surface area contributed by atoms with Crippen molar-refractivity contribution in [2.75, 3.05) is 5.32 Å². The summed E-state index contributed by atoms with van der Waals surface area (Å²) in [6, 6.07) is 15.3. The third-order valence-electron chi connectivity index (χ3n) is 4.28. The Bertz CT molecular complexity index is 678. The molecule has 1 aliphatic rings. The van der Waals surface area contributed by atoms with Crippen molar-refractivity contribution in [2.45, 2.75) is 38.6 Å². The predicted octanol–water partition coefficient (Wildman–Crippen LogP) is 4.72. The predicted molar refractivity (Wildman–Crippen MR) is 89.5 cm³/mol. The molecule has 1 aliphatic carbocycles. The van der Waals surface area contributed by atoms with E-state index in [4.69, 9.17) is 6.42 Å². The second-order valence-corrected chi connectivity index (χ2v) is 5.83. The SMILES string of the molecule is C#Cc1cccc(NC(C)c2ccc3c(c2)CCCC3)c1. The minimum Gasteiger partial charge on any atom is -0.378 e. The first-order chi connectivity index (χ1) is 10.3. The Morgan fingerprint density at radius 3 is 2.67 bits per heavy atom. The zero-order chi connectivity index (χ0) is 14.7. The Balaban J connectivity index is 1.78. The minimum absolute atomic E-state index is 0.283. The highest BCUT2D eigenvalue weighted by Crippen LogP contribution is 2.26. The van der Waals surface area contributed by atoms with E-state index in [2.05, 4.69) is 42.4 Å². The van der Waals surface area contributed by atoms with E-state index in [1.54, 1.807) is 0 Å². The monoisotopic (exact) mass is 275 g/mol. The van der Waals surface area contributed by atoms with Crippen LogP contribution in [0.4, 0.5) is 5.69 Å². The van der Waals surface area contributed by atoms with Gasteiger partial charge in [-0.2, -0.15) is 0 Å². The van der Waals surface area contributed by atoms with Crippen molar-refractivity contribution >= 4 is 5.69 Å². The van der Waals surface area contributed by atoms with Gasteiger partial charge in [0.05, 0.1) is 0 Å². The van der Waals surface area contributed by atoms with Crippen LogP contribution in [0, 0.1) is 12.3 Å². The number of fused-ring (bicyclic) bond motifs is 1.